The van der Waals surface area contributed by atoms with Crippen molar-refractivity contribution < 1.29 is 29.0 Å². The van der Waals surface area contributed by atoms with Crippen LogP contribution in [-0.2, 0) is 25.6 Å². The molecular formula is C41H68N4O6. The van der Waals surface area contributed by atoms with E-state index in [0.717, 1.165) is 36.3 Å². The van der Waals surface area contributed by atoms with Crippen LogP contribution >= 0.6 is 0 Å². The highest BCUT2D eigenvalue weighted by molar-refractivity contribution is 5.86. The van der Waals surface area contributed by atoms with Gasteiger partial charge in [-0.2, -0.15) is 0 Å². The van der Waals surface area contributed by atoms with Crippen molar-refractivity contribution in [1.82, 2.24) is 15.1 Å². The van der Waals surface area contributed by atoms with Crippen LogP contribution in [0.1, 0.15) is 133 Å². The van der Waals surface area contributed by atoms with Crippen molar-refractivity contribution in [2.75, 3.05) is 54.4 Å². The minimum Gasteiger partial charge on any atom is -0.481 e. The Bertz CT molecular complexity index is 1300. The summed E-state index contributed by atoms with van der Waals surface area (Å²) in [5.41, 5.74) is 10.8. The standard InChI is InChI=1S/C21H34N2O2.C16H22O4.C4H12N2/c1-15(2)18-8-7-9-19(16(3)4)20(18)14-17(24)10-11-21(25)22-12-13-23(5)6;1-10(2)12-6-5-7-13(11(3)4)16(12)20-15(19)9-8-14(17)18;1-6(2)4-3-5/h7-9,15-16H,10-14H2,1-6H3,(H,22,25);5-7,10-11H,8-9H2,1-4H3,(H,17,18);3-5H2,1-2H3. The number of nitrogens with one attached hydrogen (secondary N) is 1. The lowest BCUT2D eigenvalue weighted by Gasteiger charge is -2.19. The predicted molar refractivity (Wildman–Crippen MR) is 209 cm³/mol. The van der Waals surface area contributed by atoms with E-state index in [1.165, 1.54) is 11.1 Å². The number of nitrogens with two attached hydrogens (primary N) is 1. The summed E-state index contributed by atoms with van der Waals surface area (Å²) < 4.78 is 5.45. The van der Waals surface area contributed by atoms with Crippen molar-refractivity contribution >= 4 is 23.6 Å². The Morgan fingerprint density at radius 1 is 0.686 bits per heavy atom. The van der Waals surface area contributed by atoms with E-state index in [2.05, 4.69) is 56.1 Å². The number of carbonyl (C=O) groups is 4. The molecule has 2 aromatic carbocycles. The SMILES string of the molecule is CC(C)c1cccc(C(C)C)c1CC(=O)CCC(=O)NCCN(C)C.CC(C)c1cccc(C(C)C)c1OC(=O)CCC(=O)O.CN(C)CCN. The first-order chi connectivity index (χ1) is 23.8. The van der Waals surface area contributed by atoms with Gasteiger partial charge in [-0.3, -0.25) is 19.2 Å². The van der Waals surface area contributed by atoms with Crippen LogP contribution in [0.4, 0.5) is 0 Å². The maximum absolute atomic E-state index is 12.5. The van der Waals surface area contributed by atoms with Crippen LogP contribution in [0, 0.1) is 0 Å². The summed E-state index contributed by atoms with van der Waals surface area (Å²) in [6.07, 6.45) is 0.677. The highest BCUT2D eigenvalue weighted by atomic mass is 16.5. The molecule has 0 aromatic heterocycles. The van der Waals surface area contributed by atoms with E-state index in [4.69, 9.17) is 15.6 Å². The second kappa shape index (κ2) is 25.4. The molecule has 0 spiro atoms. The molecule has 0 aliphatic carbocycles. The van der Waals surface area contributed by atoms with Crippen LogP contribution in [0.5, 0.6) is 5.75 Å². The normalized spacial score (nSPS) is 11.0. The van der Waals surface area contributed by atoms with Gasteiger partial charge in [0, 0.05) is 45.4 Å². The number of ether oxygens (including phenoxy) is 1. The Morgan fingerprint density at radius 2 is 1.14 bits per heavy atom. The Hall–Kier alpha value is -3.60. The van der Waals surface area contributed by atoms with Crippen molar-refractivity contribution in [3.8, 4) is 5.75 Å². The Labute approximate surface area is 308 Å². The number of hydrogen-bond acceptors (Lipinski definition) is 8. The number of esters is 1. The average Bonchev–Trinajstić information content (AvgIpc) is 3.03. The monoisotopic (exact) mass is 713 g/mol. The highest BCUT2D eigenvalue weighted by Gasteiger charge is 2.19. The van der Waals surface area contributed by atoms with Gasteiger partial charge in [-0.1, -0.05) is 91.8 Å². The minimum absolute atomic E-state index is 0.0450. The van der Waals surface area contributed by atoms with Gasteiger partial charge in [-0.25, -0.2) is 0 Å². The first kappa shape index (κ1) is 47.4. The van der Waals surface area contributed by atoms with Gasteiger partial charge >= 0.3 is 11.9 Å². The fourth-order valence-corrected chi connectivity index (χ4v) is 5.19. The minimum atomic E-state index is -0.997. The molecule has 10 heteroatoms. The van der Waals surface area contributed by atoms with E-state index in [1.807, 2.05) is 79.0 Å². The lowest BCUT2D eigenvalue weighted by atomic mass is 9.86. The second-order valence-electron chi connectivity index (χ2n) is 14.6. The van der Waals surface area contributed by atoms with E-state index in [9.17, 15) is 19.2 Å². The number of amides is 1. The molecule has 0 aliphatic heterocycles. The Balaban J connectivity index is 0.000000859. The summed E-state index contributed by atoms with van der Waals surface area (Å²) in [7, 11) is 7.95. The molecule has 0 fully saturated rings. The van der Waals surface area contributed by atoms with Crippen LogP contribution in [0.3, 0.4) is 0 Å². The third-order valence-electron chi connectivity index (χ3n) is 8.03. The summed E-state index contributed by atoms with van der Waals surface area (Å²) in [6.45, 7) is 19.9. The first-order valence-electron chi connectivity index (χ1n) is 18.3. The van der Waals surface area contributed by atoms with E-state index in [1.54, 1.807) is 0 Å². The van der Waals surface area contributed by atoms with Crippen LogP contribution in [0.25, 0.3) is 0 Å². The summed E-state index contributed by atoms with van der Waals surface area (Å²) in [6, 6.07) is 12.2. The lowest BCUT2D eigenvalue weighted by molar-refractivity contribution is -0.142. The van der Waals surface area contributed by atoms with Crippen molar-refractivity contribution in [3.05, 3.63) is 64.2 Å². The molecule has 0 heterocycles. The fourth-order valence-electron chi connectivity index (χ4n) is 5.19. The first-order valence-corrected chi connectivity index (χ1v) is 18.3. The molecule has 0 atom stereocenters. The van der Waals surface area contributed by atoms with Gasteiger partial charge < -0.3 is 30.7 Å². The van der Waals surface area contributed by atoms with Crippen LogP contribution in [0.15, 0.2) is 36.4 Å². The zero-order valence-electron chi connectivity index (χ0n) is 33.6. The number of ketones is 1. The van der Waals surface area contributed by atoms with Gasteiger partial charge in [-0.15, -0.1) is 0 Å². The van der Waals surface area contributed by atoms with Crippen LogP contribution in [-0.4, -0.2) is 92.9 Å². The van der Waals surface area contributed by atoms with E-state index in [0.29, 0.717) is 37.0 Å². The number of benzene rings is 2. The molecule has 1 amide bonds. The lowest BCUT2D eigenvalue weighted by Crippen LogP contribution is -2.31. The highest BCUT2D eigenvalue weighted by Crippen LogP contribution is 2.35. The fraction of sp³-hybridized carbons (Fsp3) is 0.610. The number of hydrogen-bond donors (Lipinski definition) is 3. The molecule has 0 bridgehead atoms. The molecule has 0 saturated carbocycles. The van der Waals surface area contributed by atoms with Crippen molar-refractivity contribution in [2.45, 2.75) is 111 Å². The van der Waals surface area contributed by atoms with Crippen molar-refractivity contribution in [3.63, 3.8) is 0 Å². The maximum Gasteiger partial charge on any atom is 0.311 e. The van der Waals surface area contributed by atoms with Crippen molar-refractivity contribution in [2.24, 2.45) is 5.73 Å². The average molecular weight is 713 g/mol. The Kier molecular flexibility index (Phi) is 23.6. The van der Waals surface area contributed by atoms with Gasteiger partial charge in [0.2, 0.25) is 5.91 Å². The molecule has 0 radical (unpaired) electrons. The van der Waals surface area contributed by atoms with Gasteiger partial charge in [0.1, 0.15) is 11.5 Å². The van der Waals surface area contributed by atoms with Crippen LogP contribution < -0.4 is 15.8 Å². The smallest absolute Gasteiger partial charge is 0.311 e. The zero-order chi connectivity index (χ0) is 39.3. The molecule has 2 rings (SSSR count). The molecule has 10 nitrogen and oxygen atoms in total. The summed E-state index contributed by atoms with van der Waals surface area (Å²) in [5.74, 6) is 0.422. The van der Waals surface area contributed by atoms with E-state index >= 15 is 0 Å². The summed E-state index contributed by atoms with van der Waals surface area (Å²) in [4.78, 5) is 50.7. The Morgan fingerprint density at radius 3 is 1.51 bits per heavy atom. The number of likely N-dealkylation sites (N-methyl/N-ethyl adjacent to an activating group) is 2. The quantitative estimate of drug-likeness (QED) is 0.114. The zero-order valence-corrected chi connectivity index (χ0v) is 33.6. The third kappa shape index (κ3) is 20.1. The van der Waals surface area contributed by atoms with E-state index in [-0.39, 0.29) is 42.8 Å². The number of nitrogens with zero attached hydrogens (tertiary/aromatic N) is 2. The van der Waals surface area contributed by atoms with Crippen LogP contribution in [0.2, 0.25) is 0 Å². The molecular weight excluding hydrogens is 644 g/mol. The largest absolute Gasteiger partial charge is 0.481 e. The number of Topliss-reactive ketones (excluding diaryl/α,β-unsaturated/α-hetero) is 1. The number of carboxylic acid groups (broad SMARTS) is 1. The predicted octanol–water partition coefficient (Wildman–Crippen LogP) is 6.71. The second-order valence-corrected chi connectivity index (χ2v) is 14.6. The molecule has 51 heavy (non-hydrogen) atoms. The van der Waals surface area contributed by atoms with Gasteiger partial charge in [0.05, 0.1) is 12.8 Å². The number of aliphatic carboxylic acids is 1. The molecule has 0 aliphatic rings. The molecule has 4 N–H and O–H groups in total. The third-order valence-corrected chi connectivity index (χ3v) is 8.03. The summed E-state index contributed by atoms with van der Waals surface area (Å²) in [5, 5.41) is 11.5. The number of carbonyl (C=O) groups excluding carboxylic acids is 3. The molecule has 2 aromatic rings. The number of rotatable bonds is 18. The molecule has 288 valence electrons. The summed E-state index contributed by atoms with van der Waals surface area (Å²) >= 11 is 0. The van der Waals surface area contributed by atoms with Gasteiger partial charge in [-0.05, 0) is 79.7 Å². The molecule has 0 saturated heterocycles. The van der Waals surface area contributed by atoms with Crippen molar-refractivity contribution in [1.29, 1.82) is 0 Å². The molecule has 0 unspecified atom stereocenters. The van der Waals surface area contributed by atoms with Gasteiger partial charge in [0.15, 0.2) is 0 Å². The van der Waals surface area contributed by atoms with E-state index < -0.39 is 11.9 Å². The maximum atomic E-state index is 12.5. The van der Waals surface area contributed by atoms with Gasteiger partial charge in [0.25, 0.3) is 0 Å². The number of para-hydroxylation sites is 1. The number of carboxylic acids is 1. The topological polar surface area (TPSA) is 142 Å².